The highest BCUT2D eigenvalue weighted by Crippen LogP contribution is 2.21. The Morgan fingerprint density at radius 1 is 1.57 bits per heavy atom. The fourth-order valence-electron chi connectivity index (χ4n) is 1.22. The maximum atomic E-state index is 10.5. The SMILES string of the molecule is CC1(O)C=C(CS(=O)(=O)O)C=C[C@@H]1O. The highest BCUT2D eigenvalue weighted by molar-refractivity contribution is 7.86. The second-order valence-corrected chi connectivity index (χ2v) is 4.93. The summed E-state index contributed by atoms with van der Waals surface area (Å²) in [7, 11) is -4.10. The van der Waals surface area contributed by atoms with Gasteiger partial charge in [0.1, 0.15) is 17.5 Å². The summed E-state index contributed by atoms with van der Waals surface area (Å²) in [4.78, 5) is 0. The molecule has 0 saturated heterocycles. The van der Waals surface area contributed by atoms with Gasteiger partial charge in [-0.05, 0) is 18.6 Å². The van der Waals surface area contributed by atoms with E-state index in [2.05, 4.69) is 0 Å². The summed E-state index contributed by atoms with van der Waals surface area (Å²) < 4.78 is 29.6. The van der Waals surface area contributed by atoms with Crippen molar-refractivity contribution in [3.05, 3.63) is 23.8 Å². The molecule has 0 aromatic carbocycles. The van der Waals surface area contributed by atoms with Gasteiger partial charge in [0, 0.05) is 0 Å². The molecule has 0 bridgehead atoms. The summed E-state index contributed by atoms with van der Waals surface area (Å²) in [5.74, 6) is -0.563. The van der Waals surface area contributed by atoms with Crippen molar-refractivity contribution in [2.45, 2.75) is 18.6 Å². The Labute approximate surface area is 82.1 Å². The van der Waals surface area contributed by atoms with Crippen molar-refractivity contribution >= 4 is 10.1 Å². The van der Waals surface area contributed by atoms with E-state index in [1.54, 1.807) is 0 Å². The molecular formula is C8H12O5S. The molecule has 0 aromatic rings. The Kier molecular flexibility index (Phi) is 2.82. The first kappa shape index (κ1) is 11.4. The number of aliphatic hydroxyl groups excluding tert-OH is 1. The second-order valence-electron chi connectivity index (χ2n) is 3.48. The fourth-order valence-corrected chi connectivity index (χ4v) is 1.82. The van der Waals surface area contributed by atoms with Crippen molar-refractivity contribution in [2.24, 2.45) is 0 Å². The van der Waals surface area contributed by atoms with Gasteiger partial charge in [0.2, 0.25) is 0 Å². The maximum absolute atomic E-state index is 10.5. The molecule has 0 radical (unpaired) electrons. The summed E-state index contributed by atoms with van der Waals surface area (Å²) >= 11 is 0. The molecule has 0 spiro atoms. The van der Waals surface area contributed by atoms with Gasteiger partial charge in [-0.25, -0.2) is 0 Å². The zero-order chi connectivity index (χ0) is 11.0. The molecule has 5 nitrogen and oxygen atoms in total. The van der Waals surface area contributed by atoms with Crippen LogP contribution >= 0.6 is 0 Å². The number of hydrogen-bond acceptors (Lipinski definition) is 4. The Morgan fingerprint density at radius 2 is 2.14 bits per heavy atom. The van der Waals surface area contributed by atoms with E-state index in [4.69, 9.17) is 4.55 Å². The van der Waals surface area contributed by atoms with E-state index in [0.717, 1.165) is 0 Å². The van der Waals surface area contributed by atoms with Crippen LogP contribution in [0, 0.1) is 0 Å². The van der Waals surface area contributed by atoms with Crippen LogP contribution in [0.3, 0.4) is 0 Å². The molecule has 0 fully saturated rings. The highest BCUT2D eigenvalue weighted by atomic mass is 32.2. The minimum atomic E-state index is -4.10. The van der Waals surface area contributed by atoms with Crippen molar-refractivity contribution in [1.29, 1.82) is 0 Å². The number of rotatable bonds is 2. The van der Waals surface area contributed by atoms with Gasteiger partial charge in [-0.15, -0.1) is 0 Å². The van der Waals surface area contributed by atoms with Crippen LogP contribution in [0.2, 0.25) is 0 Å². The molecule has 3 N–H and O–H groups in total. The van der Waals surface area contributed by atoms with Gasteiger partial charge in [0.15, 0.2) is 0 Å². The fraction of sp³-hybridized carbons (Fsp3) is 0.500. The molecule has 0 heterocycles. The molecule has 1 aliphatic rings. The Hall–Kier alpha value is -0.690. The standard InChI is InChI=1S/C8H12O5S/c1-8(10)4-6(2-3-7(8)9)5-14(11,12)13/h2-4,7,9-10H,5H2,1H3,(H,11,12,13)/t7-,8?/m0/s1. The van der Waals surface area contributed by atoms with Crippen molar-refractivity contribution in [3.63, 3.8) is 0 Å². The van der Waals surface area contributed by atoms with Crippen LogP contribution in [-0.2, 0) is 10.1 Å². The molecule has 2 atom stereocenters. The minimum Gasteiger partial charge on any atom is -0.386 e. The molecule has 6 heteroatoms. The van der Waals surface area contributed by atoms with Crippen molar-refractivity contribution < 1.29 is 23.2 Å². The Balaban J connectivity index is 2.89. The molecule has 0 aliphatic heterocycles. The monoisotopic (exact) mass is 220 g/mol. The molecule has 0 amide bonds. The summed E-state index contributed by atoms with van der Waals surface area (Å²) in [6, 6.07) is 0. The third-order valence-electron chi connectivity index (χ3n) is 1.92. The van der Waals surface area contributed by atoms with Crippen LogP contribution in [0.4, 0.5) is 0 Å². The first-order chi connectivity index (χ1) is 6.21. The van der Waals surface area contributed by atoms with E-state index < -0.39 is 27.6 Å². The Bertz CT molecular complexity index is 377. The van der Waals surface area contributed by atoms with Crippen molar-refractivity contribution in [3.8, 4) is 0 Å². The van der Waals surface area contributed by atoms with Crippen LogP contribution in [-0.4, -0.2) is 40.6 Å². The first-order valence-electron chi connectivity index (χ1n) is 3.96. The van der Waals surface area contributed by atoms with E-state index in [1.807, 2.05) is 0 Å². The van der Waals surface area contributed by atoms with Gasteiger partial charge in [0.05, 0.1) is 0 Å². The van der Waals surface area contributed by atoms with Gasteiger partial charge in [-0.2, -0.15) is 8.42 Å². The molecule has 0 aromatic heterocycles. The van der Waals surface area contributed by atoms with Crippen LogP contribution in [0.1, 0.15) is 6.92 Å². The predicted octanol–water partition coefficient (Wildman–Crippen LogP) is -0.518. The van der Waals surface area contributed by atoms with Crippen molar-refractivity contribution in [2.75, 3.05) is 5.75 Å². The second kappa shape index (κ2) is 3.47. The molecule has 1 rings (SSSR count). The quantitative estimate of drug-likeness (QED) is 0.544. The number of hydrogen-bond donors (Lipinski definition) is 3. The zero-order valence-corrected chi connectivity index (χ0v) is 8.40. The van der Waals surface area contributed by atoms with Crippen LogP contribution in [0.25, 0.3) is 0 Å². The molecule has 14 heavy (non-hydrogen) atoms. The van der Waals surface area contributed by atoms with Crippen molar-refractivity contribution in [1.82, 2.24) is 0 Å². The summed E-state index contributed by atoms with van der Waals surface area (Å²) in [6.07, 6.45) is 2.79. The topological polar surface area (TPSA) is 94.8 Å². The van der Waals surface area contributed by atoms with Gasteiger partial charge >= 0.3 is 0 Å². The van der Waals surface area contributed by atoms with Crippen LogP contribution in [0.5, 0.6) is 0 Å². The Morgan fingerprint density at radius 3 is 2.57 bits per heavy atom. The third-order valence-corrected chi connectivity index (χ3v) is 2.62. The van der Waals surface area contributed by atoms with Gasteiger partial charge in [0.25, 0.3) is 10.1 Å². The summed E-state index contributed by atoms with van der Waals surface area (Å²) in [5.41, 5.74) is -1.24. The number of aliphatic hydroxyl groups is 2. The van der Waals surface area contributed by atoms with Gasteiger partial charge < -0.3 is 10.2 Å². The lowest BCUT2D eigenvalue weighted by atomic mass is 9.91. The lowest BCUT2D eigenvalue weighted by Gasteiger charge is -2.27. The lowest BCUT2D eigenvalue weighted by Crippen LogP contribution is -2.38. The molecule has 1 unspecified atom stereocenters. The average Bonchev–Trinajstić information content (AvgIpc) is 1.93. The van der Waals surface area contributed by atoms with E-state index >= 15 is 0 Å². The summed E-state index contributed by atoms with van der Waals surface area (Å²) in [5, 5.41) is 18.8. The van der Waals surface area contributed by atoms with Gasteiger partial charge in [-0.3, -0.25) is 4.55 Å². The first-order valence-corrected chi connectivity index (χ1v) is 5.57. The minimum absolute atomic E-state index is 0.253. The maximum Gasteiger partial charge on any atom is 0.269 e. The molecule has 1 aliphatic carbocycles. The largest absolute Gasteiger partial charge is 0.386 e. The van der Waals surface area contributed by atoms with E-state index in [9.17, 15) is 18.6 Å². The predicted molar refractivity (Wildman–Crippen MR) is 50.3 cm³/mol. The molecular weight excluding hydrogens is 208 g/mol. The summed E-state index contributed by atoms with van der Waals surface area (Å²) in [6.45, 7) is 1.35. The molecule has 80 valence electrons. The highest BCUT2D eigenvalue weighted by Gasteiger charge is 2.29. The van der Waals surface area contributed by atoms with Crippen LogP contribution < -0.4 is 0 Å². The average molecular weight is 220 g/mol. The number of allylic oxidation sites excluding steroid dienone is 1. The normalized spacial score (nSPS) is 32.9. The van der Waals surface area contributed by atoms with Gasteiger partial charge in [-0.1, -0.05) is 12.2 Å². The van der Waals surface area contributed by atoms with E-state index in [-0.39, 0.29) is 5.57 Å². The zero-order valence-electron chi connectivity index (χ0n) is 7.58. The lowest BCUT2D eigenvalue weighted by molar-refractivity contribution is -0.00143. The van der Waals surface area contributed by atoms with Crippen LogP contribution in [0.15, 0.2) is 23.8 Å². The third kappa shape index (κ3) is 2.91. The van der Waals surface area contributed by atoms with E-state index in [1.165, 1.54) is 25.2 Å². The smallest absolute Gasteiger partial charge is 0.269 e. The van der Waals surface area contributed by atoms with E-state index in [0.29, 0.717) is 0 Å². The molecule has 0 saturated carbocycles.